The Kier molecular flexibility index (Phi) is 4.39. The first-order chi connectivity index (χ1) is 9.52. The van der Waals surface area contributed by atoms with Crippen molar-refractivity contribution in [3.63, 3.8) is 0 Å². The van der Waals surface area contributed by atoms with Gasteiger partial charge in [-0.15, -0.1) is 11.3 Å². The fraction of sp³-hybridized carbons (Fsp3) is 0.333. The number of carboxylic acids is 1. The van der Waals surface area contributed by atoms with Gasteiger partial charge in [0, 0.05) is 16.4 Å². The van der Waals surface area contributed by atoms with Gasteiger partial charge in [0.15, 0.2) is 0 Å². The lowest BCUT2D eigenvalue weighted by Crippen LogP contribution is -2.02. The van der Waals surface area contributed by atoms with Crippen molar-refractivity contribution in [3.8, 4) is 17.0 Å². The van der Waals surface area contributed by atoms with Crippen LogP contribution >= 0.6 is 11.3 Å². The number of rotatable bonds is 5. The van der Waals surface area contributed by atoms with E-state index in [4.69, 9.17) is 9.84 Å². The molecule has 0 bridgehead atoms. The van der Waals surface area contributed by atoms with Crippen LogP contribution in [0.4, 0.5) is 0 Å². The Morgan fingerprint density at radius 3 is 2.80 bits per heavy atom. The number of carboxylic acid groups (broad SMARTS) is 1. The maximum Gasteiger partial charge on any atom is 0.303 e. The van der Waals surface area contributed by atoms with Gasteiger partial charge in [-0.3, -0.25) is 4.79 Å². The number of para-hydroxylation sites is 1. The van der Waals surface area contributed by atoms with E-state index in [0.29, 0.717) is 0 Å². The summed E-state index contributed by atoms with van der Waals surface area (Å²) < 4.78 is 5.37. The molecule has 0 fully saturated rings. The van der Waals surface area contributed by atoms with E-state index < -0.39 is 5.97 Å². The highest BCUT2D eigenvalue weighted by molar-refractivity contribution is 7.12. The Bertz CT molecular complexity index is 621. The molecule has 0 saturated carbocycles. The van der Waals surface area contributed by atoms with Crippen LogP contribution in [-0.2, 0) is 4.79 Å². The van der Waals surface area contributed by atoms with Gasteiger partial charge in [-0.05, 0) is 19.1 Å². The maximum absolute atomic E-state index is 10.9. The van der Waals surface area contributed by atoms with Crippen molar-refractivity contribution in [2.75, 3.05) is 7.11 Å². The standard InChI is InChI=1S/C15H17NO3S/c1-9(8-13(17)18)15-14(16-10(2)20-15)11-6-4-5-7-12(11)19-3/h4-7,9H,8H2,1-3H3,(H,17,18). The number of nitrogens with zero attached hydrogens (tertiary/aromatic N) is 1. The topological polar surface area (TPSA) is 59.4 Å². The largest absolute Gasteiger partial charge is 0.496 e. The van der Waals surface area contributed by atoms with E-state index in [1.807, 2.05) is 38.1 Å². The van der Waals surface area contributed by atoms with Crippen LogP contribution in [0.15, 0.2) is 24.3 Å². The fourth-order valence-corrected chi connectivity index (χ4v) is 3.16. The molecule has 1 aromatic heterocycles. The molecule has 20 heavy (non-hydrogen) atoms. The van der Waals surface area contributed by atoms with E-state index in [2.05, 4.69) is 4.98 Å². The molecule has 5 heteroatoms. The molecule has 4 nitrogen and oxygen atoms in total. The minimum Gasteiger partial charge on any atom is -0.496 e. The molecule has 0 aliphatic rings. The lowest BCUT2D eigenvalue weighted by molar-refractivity contribution is -0.137. The number of aryl methyl sites for hydroxylation is 1. The van der Waals surface area contributed by atoms with Crippen LogP contribution in [0.5, 0.6) is 5.75 Å². The quantitative estimate of drug-likeness (QED) is 0.912. The van der Waals surface area contributed by atoms with Gasteiger partial charge in [0.25, 0.3) is 0 Å². The lowest BCUT2D eigenvalue weighted by Gasteiger charge is -2.11. The van der Waals surface area contributed by atoms with E-state index in [1.165, 1.54) is 0 Å². The van der Waals surface area contributed by atoms with Crippen molar-refractivity contribution < 1.29 is 14.6 Å². The summed E-state index contributed by atoms with van der Waals surface area (Å²) in [5.41, 5.74) is 1.74. The molecule has 1 aromatic carbocycles. The average Bonchev–Trinajstić information content (AvgIpc) is 2.80. The molecule has 1 N–H and O–H groups in total. The summed E-state index contributed by atoms with van der Waals surface area (Å²) in [4.78, 5) is 16.5. The molecule has 106 valence electrons. The number of carbonyl (C=O) groups is 1. The van der Waals surface area contributed by atoms with Crippen molar-refractivity contribution in [1.29, 1.82) is 0 Å². The zero-order valence-corrected chi connectivity index (χ0v) is 12.5. The van der Waals surface area contributed by atoms with E-state index in [1.54, 1.807) is 18.4 Å². The first kappa shape index (κ1) is 14.5. The van der Waals surface area contributed by atoms with Gasteiger partial charge in [-0.2, -0.15) is 0 Å². The number of benzene rings is 1. The maximum atomic E-state index is 10.9. The van der Waals surface area contributed by atoms with Gasteiger partial charge in [-0.1, -0.05) is 19.1 Å². The van der Waals surface area contributed by atoms with Gasteiger partial charge in [0.1, 0.15) is 5.75 Å². The molecule has 0 saturated heterocycles. The molecule has 0 amide bonds. The van der Waals surface area contributed by atoms with E-state index in [9.17, 15) is 4.79 Å². The number of aromatic nitrogens is 1. The number of thiazole rings is 1. The Morgan fingerprint density at radius 2 is 2.15 bits per heavy atom. The lowest BCUT2D eigenvalue weighted by atomic mass is 10.0. The Labute approximate surface area is 122 Å². The fourth-order valence-electron chi connectivity index (χ4n) is 2.16. The van der Waals surface area contributed by atoms with Crippen molar-refractivity contribution >= 4 is 17.3 Å². The summed E-state index contributed by atoms with van der Waals surface area (Å²) >= 11 is 1.55. The number of ether oxygens (including phenoxy) is 1. The number of hydrogen-bond donors (Lipinski definition) is 1. The van der Waals surface area contributed by atoms with Crippen LogP contribution in [0.3, 0.4) is 0 Å². The molecule has 2 rings (SSSR count). The second-order valence-corrected chi connectivity index (χ2v) is 5.88. The normalized spacial score (nSPS) is 12.2. The van der Waals surface area contributed by atoms with Gasteiger partial charge in [0.2, 0.25) is 0 Å². The SMILES string of the molecule is COc1ccccc1-c1nc(C)sc1C(C)CC(=O)O. The molecule has 1 atom stereocenters. The van der Waals surface area contributed by atoms with Crippen LogP contribution < -0.4 is 4.74 Å². The van der Waals surface area contributed by atoms with E-state index >= 15 is 0 Å². The monoisotopic (exact) mass is 291 g/mol. The van der Waals surface area contributed by atoms with Gasteiger partial charge in [0.05, 0.1) is 24.2 Å². The van der Waals surface area contributed by atoms with Gasteiger partial charge >= 0.3 is 5.97 Å². The second-order valence-electron chi connectivity index (χ2n) is 4.64. The third-order valence-corrected chi connectivity index (χ3v) is 4.25. The predicted molar refractivity (Wildman–Crippen MR) is 79.5 cm³/mol. The molecule has 1 heterocycles. The number of methoxy groups -OCH3 is 1. The minimum atomic E-state index is -0.797. The summed E-state index contributed by atoms with van der Waals surface area (Å²) in [7, 11) is 1.62. The average molecular weight is 291 g/mol. The summed E-state index contributed by atoms with van der Waals surface area (Å²) in [5.74, 6) is -0.116. The van der Waals surface area contributed by atoms with Crippen molar-refractivity contribution in [2.45, 2.75) is 26.2 Å². The minimum absolute atomic E-state index is 0.0707. The molecule has 1 unspecified atom stereocenters. The molecule has 0 aliphatic heterocycles. The third kappa shape index (κ3) is 2.99. The summed E-state index contributed by atoms with van der Waals surface area (Å²) in [6.07, 6.45) is 0.101. The Balaban J connectivity index is 2.49. The van der Waals surface area contributed by atoms with Crippen molar-refractivity contribution in [3.05, 3.63) is 34.2 Å². The zero-order valence-electron chi connectivity index (χ0n) is 11.7. The third-order valence-electron chi connectivity index (χ3n) is 3.05. The smallest absolute Gasteiger partial charge is 0.303 e. The Morgan fingerprint density at radius 1 is 1.45 bits per heavy atom. The Hall–Kier alpha value is -1.88. The molecular formula is C15H17NO3S. The molecule has 2 aromatic rings. The van der Waals surface area contributed by atoms with Crippen LogP contribution in [0.1, 0.15) is 29.1 Å². The van der Waals surface area contributed by atoms with Crippen LogP contribution in [0.2, 0.25) is 0 Å². The number of aliphatic carboxylic acids is 1. The number of hydrogen-bond acceptors (Lipinski definition) is 4. The highest BCUT2D eigenvalue weighted by atomic mass is 32.1. The van der Waals surface area contributed by atoms with Gasteiger partial charge < -0.3 is 9.84 Å². The summed E-state index contributed by atoms with van der Waals surface area (Å²) in [6, 6.07) is 7.67. The highest BCUT2D eigenvalue weighted by Crippen LogP contribution is 2.38. The van der Waals surface area contributed by atoms with Crippen LogP contribution in [-0.4, -0.2) is 23.2 Å². The first-order valence-electron chi connectivity index (χ1n) is 6.35. The van der Waals surface area contributed by atoms with E-state index in [0.717, 1.165) is 26.9 Å². The van der Waals surface area contributed by atoms with Gasteiger partial charge in [-0.25, -0.2) is 4.98 Å². The first-order valence-corrected chi connectivity index (χ1v) is 7.17. The molecular weight excluding hydrogens is 274 g/mol. The van der Waals surface area contributed by atoms with Crippen molar-refractivity contribution in [1.82, 2.24) is 4.98 Å². The molecule has 0 spiro atoms. The molecule has 0 aliphatic carbocycles. The summed E-state index contributed by atoms with van der Waals surface area (Å²) in [5, 5.41) is 9.90. The van der Waals surface area contributed by atoms with Crippen LogP contribution in [0, 0.1) is 6.92 Å². The highest BCUT2D eigenvalue weighted by Gasteiger charge is 2.21. The summed E-state index contributed by atoms with van der Waals surface area (Å²) in [6.45, 7) is 3.85. The zero-order chi connectivity index (χ0) is 14.7. The predicted octanol–water partition coefficient (Wildman–Crippen LogP) is 3.71. The van der Waals surface area contributed by atoms with Crippen molar-refractivity contribution in [2.24, 2.45) is 0 Å². The van der Waals surface area contributed by atoms with E-state index in [-0.39, 0.29) is 12.3 Å². The van der Waals surface area contributed by atoms with Crippen LogP contribution in [0.25, 0.3) is 11.3 Å². The second kappa shape index (κ2) is 6.05. The molecule has 0 radical (unpaired) electrons.